The highest BCUT2D eigenvalue weighted by Crippen LogP contribution is 2.07. The summed E-state index contributed by atoms with van der Waals surface area (Å²) in [6.45, 7) is 2.70. The number of carbonyl (C=O) groups excluding carboxylic acids is 2. The van der Waals surface area contributed by atoms with Crippen molar-refractivity contribution in [2.45, 2.75) is 26.3 Å². The van der Waals surface area contributed by atoms with Gasteiger partial charge in [-0.3, -0.25) is 14.4 Å². The Hall–Kier alpha value is -2.44. The molecule has 1 aliphatic rings. The summed E-state index contributed by atoms with van der Waals surface area (Å²) in [6, 6.07) is 1.70. The number of likely N-dealkylation sites (tertiary alicyclic amines) is 1. The number of nitrogens with zero attached hydrogens (tertiary/aromatic N) is 4. The standard InChI is InChI=1S/C14H16N4O3/c1-10-8-12-14(21)17(6-7-18(12)15-10)9-13(20)16-4-2-11(19)3-5-16/h6-8H,2-5,9H2,1H3. The SMILES string of the molecule is Cc1cc2c(=O)n(CC(=O)N3CCC(=O)CC3)ccn2n1. The molecule has 0 aromatic carbocycles. The zero-order valence-corrected chi connectivity index (χ0v) is 11.8. The first-order valence-corrected chi connectivity index (χ1v) is 6.89. The zero-order chi connectivity index (χ0) is 15.0. The van der Waals surface area contributed by atoms with E-state index in [-0.39, 0.29) is 23.8 Å². The Labute approximate surface area is 120 Å². The summed E-state index contributed by atoms with van der Waals surface area (Å²) in [5.74, 6) is 0.0533. The quantitative estimate of drug-likeness (QED) is 0.779. The minimum Gasteiger partial charge on any atom is -0.340 e. The lowest BCUT2D eigenvalue weighted by Crippen LogP contribution is -2.41. The molecule has 1 amide bonds. The summed E-state index contributed by atoms with van der Waals surface area (Å²) in [5.41, 5.74) is 0.974. The van der Waals surface area contributed by atoms with E-state index in [4.69, 9.17) is 0 Å². The number of aromatic nitrogens is 3. The van der Waals surface area contributed by atoms with Crippen LogP contribution in [0.15, 0.2) is 23.3 Å². The van der Waals surface area contributed by atoms with Gasteiger partial charge in [0.1, 0.15) is 17.8 Å². The molecule has 0 radical (unpaired) electrons. The molecule has 0 bridgehead atoms. The fourth-order valence-electron chi connectivity index (χ4n) is 2.52. The van der Waals surface area contributed by atoms with Crippen molar-refractivity contribution < 1.29 is 9.59 Å². The third-order valence-electron chi connectivity index (χ3n) is 3.71. The van der Waals surface area contributed by atoms with Gasteiger partial charge < -0.3 is 9.47 Å². The predicted octanol–water partition coefficient (Wildman–Crippen LogP) is -0.00408. The first-order valence-electron chi connectivity index (χ1n) is 6.89. The molecule has 110 valence electrons. The number of piperidine rings is 1. The molecule has 0 atom stereocenters. The van der Waals surface area contributed by atoms with E-state index in [1.54, 1.807) is 23.4 Å². The zero-order valence-electron chi connectivity index (χ0n) is 11.8. The van der Waals surface area contributed by atoms with Crippen molar-refractivity contribution in [3.63, 3.8) is 0 Å². The number of rotatable bonds is 2. The summed E-state index contributed by atoms with van der Waals surface area (Å²) in [4.78, 5) is 37.3. The van der Waals surface area contributed by atoms with Crippen LogP contribution in [0.2, 0.25) is 0 Å². The van der Waals surface area contributed by atoms with Gasteiger partial charge in [-0.05, 0) is 13.0 Å². The molecule has 0 spiro atoms. The molecule has 1 aliphatic heterocycles. The summed E-state index contributed by atoms with van der Waals surface area (Å²) >= 11 is 0. The number of Topliss-reactive ketones (excluding diaryl/α,β-unsaturated/α-hetero) is 1. The third-order valence-corrected chi connectivity index (χ3v) is 3.71. The third kappa shape index (κ3) is 2.58. The molecule has 0 unspecified atom stereocenters. The molecule has 1 fully saturated rings. The molecule has 21 heavy (non-hydrogen) atoms. The highest BCUT2D eigenvalue weighted by molar-refractivity contribution is 5.83. The molecule has 7 heteroatoms. The Morgan fingerprint density at radius 3 is 2.67 bits per heavy atom. The molecular formula is C14H16N4O3. The minimum absolute atomic E-state index is 0.00620. The van der Waals surface area contributed by atoms with Crippen LogP contribution in [0, 0.1) is 6.92 Å². The lowest BCUT2D eigenvalue weighted by atomic mass is 10.1. The highest BCUT2D eigenvalue weighted by Gasteiger charge is 2.21. The Morgan fingerprint density at radius 2 is 1.95 bits per heavy atom. The van der Waals surface area contributed by atoms with E-state index in [2.05, 4.69) is 5.10 Å². The number of amides is 1. The van der Waals surface area contributed by atoms with Crippen LogP contribution < -0.4 is 5.56 Å². The summed E-state index contributed by atoms with van der Waals surface area (Å²) in [5, 5.41) is 4.16. The fraction of sp³-hybridized carbons (Fsp3) is 0.429. The van der Waals surface area contributed by atoms with E-state index >= 15 is 0 Å². The molecule has 0 saturated carbocycles. The molecular weight excluding hydrogens is 272 g/mol. The van der Waals surface area contributed by atoms with Crippen LogP contribution in [-0.4, -0.2) is 43.9 Å². The Balaban J connectivity index is 1.81. The highest BCUT2D eigenvalue weighted by atomic mass is 16.2. The van der Waals surface area contributed by atoms with E-state index in [0.29, 0.717) is 31.4 Å². The normalized spacial score (nSPS) is 15.7. The second kappa shape index (κ2) is 5.16. The van der Waals surface area contributed by atoms with Crippen LogP contribution in [0.1, 0.15) is 18.5 Å². The van der Waals surface area contributed by atoms with Crippen molar-refractivity contribution in [1.29, 1.82) is 0 Å². The van der Waals surface area contributed by atoms with Crippen molar-refractivity contribution in [3.8, 4) is 0 Å². The van der Waals surface area contributed by atoms with Crippen LogP contribution in [0.25, 0.3) is 5.52 Å². The van der Waals surface area contributed by atoms with Gasteiger partial charge in [0, 0.05) is 38.3 Å². The van der Waals surface area contributed by atoms with Crippen molar-refractivity contribution in [1.82, 2.24) is 19.1 Å². The van der Waals surface area contributed by atoms with Gasteiger partial charge in [-0.25, -0.2) is 4.52 Å². The Bertz CT molecular complexity index is 764. The molecule has 3 heterocycles. The van der Waals surface area contributed by atoms with Crippen LogP contribution >= 0.6 is 0 Å². The van der Waals surface area contributed by atoms with Gasteiger partial charge in [0.15, 0.2) is 0 Å². The van der Waals surface area contributed by atoms with Crippen LogP contribution in [-0.2, 0) is 16.1 Å². The second-order valence-corrected chi connectivity index (χ2v) is 5.27. The predicted molar refractivity (Wildman–Crippen MR) is 75.0 cm³/mol. The minimum atomic E-state index is -0.237. The van der Waals surface area contributed by atoms with Gasteiger partial charge in [-0.1, -0.05) is 0 Å². The van der Waals surface area contributed by atoms with Gasteiger partial charge >= 0.3 is 0 Å². The van der Waals surface area contributed by atoms with Crippen molar-refractivity contribution in [2.75, 3.05) is 13.1 Å². The van der Waals surface area contributed by atoms with Crippen molar-refractivity contribution in [3.05, 3.63) is 34.5 Å². The van der Waals surface area contributed by atoms with Gasteiger partial charge in [-0.2, -0.15) is 5.10 Å². The van der Waals surface area contributed by atoms with Crippen molar-refractivity contribution in [2.24, 2.45) is 0 Å². The fourth-order valence-corrected chi connectivity index (χ4v) is 2.52. The van der Waals surface area contributed by atoms with Gasteiger partial charge in [0.05, 0.1) is 5.69 Å². The number of carbonyl (C=O) groups is 2. The lowest BCUT2D eigenvalue weighted by Gasteiger charge is -2.26. The van der Waals surface area contributed by atoms with Gasteiger partial charge in [0.2, 0.25) is 5.91 Å². The van der Waals surface area contributed by atoms with E-state index < -0.39 is 0 Å². The molecule has 2 aromatic rings. The summed E-state index contributed by atoms with van der Waals surface area (Å²) in [6.07, 6.45) is 4.04. The number of ketones is 1. The Kier molecular flexibility index (Phi) is 3.32. The molecule has 7 nitrogen and oxygen atoms in total. The maximum absolute atomic E-state index is 12.3. The molecule has 2 aromatic heterocycles. The van der Waals surface area contributed by atoms with E-state index in [1.165, 1.54) is 9.08 Å². The molecule has 3 rings (SSSR count). The lowest BCUT2D eigenvalue weighted by molar-refractivity contribution is -0.135. The average Bonchev–Trinajstić information content (AvgIpc) is 2.84. The largest absolute Gasteiger partial charge is 0.340 e. The number of hydrogen-bond donors (Lipinski definition) is 0. The van der Waals surface area contributed by atoms with Crippen molar-refractivity contribution >= 4 is 17.2 Å². The second-order valence-electron chi connectivity index (χ2n) is 5.27. The van der Waals surface area contributed by atoms with Crippen LogP contribution in [0.3, 0.4) is 0 Å². The summed E-state index contributed by atoms with van der Waals surface area (Å²) < 4.78 is 2.90. The van der Waals surface area contributed by atoms with E-state index in [0.717, 1.165) is 5.69 Å². The molecule has 1 saturated heterocycles. The Morgan fingerprint density at radius 1 is 1.24 bits per heavy atom. The smallest absolute Gasteiger partial charge is 0.277 e. The van der Waals surface area contributed by atoms with Crippen LogP contribution in [0.5, 0.6) is 0 Å². The first kappa shape index (κ1) is 13.5. The van der Waals surface area contributed by atoms with Crippen LogP contribution in [0.4, 0.5) is 0 Å². The molecule has 0 aliphatic carbocycles. The average molecular weight is 288 g/mol. The number of aryl methyl sites for hydroxylation is 1. The first-order chi connectivity index (χ1) is 10.0. The maximum atomic E-state index is 12.3. The topological polar surface area (TPSA) is 76.7 Å². The number of hydrogen-bond acceptors (Lipinski definition) is 4. The van der Waals surface area contributed by atoms with E-state index in [9.17, 15) is 14.4 Å². The monoisotopic (exact) mass is 288 g/mol. The van der Waals surface area contributed by atoms with Gasteiger partial charge in [0.25, 0.3) is 5.56 Å². The maximum Gasteiger partial charge on any atom is 0.277 e. The molecule has 0 N–H and O–H groups in total. The van der Waals surface area contributed by atoms with E-state index in [1.807, 2.05) is 6.92 Å². The van der Waals surface area contributed by atoms with Gasteiger partial charge in [-0.15, -0.1) is 0 Å². The number of fused-ring (bicyclic) bond motifs is 1. The summed E-state index contributed by atoms with van der Waals surface area (Å²) in [7, 11) is 0.